The van der Waals surface area contributed by atoms with Crippen LogP contribution in [0.3, 0.4) is 0 Å². The molecular weight excluding hydrogens is 293 g/mol. The number of hydrogen-bond donors (Lipinski definition) is 1. The molecule has 0 bridgehead atoms. The van der Waals surface area contributed by atoms with E-state index in [9.17, 15) is 9.65 Å². The van der Waals surface area contributed by atoms with Gasteiger partial charge in [-0.1, -0.05) is 12.1 Å². The highest BCUT2D eigenvalue weighted by molar-refractivity contribution is 5.94. The number of methoxy groups -OCH3 is 1. The summed E-state index contributed by atoms with van der Waals surface area (Å²) in [5, 5.41) is 13.4. The maximum Gasteiger partial charge on any atom is 0.123 e. The van der Waals surface area contributed by atoms with Crippen LogP contribution in [0.15, 0.2) is 48.7 Å². The Kier molecular flexibility index (Phi) is 4.07. The zero-order valence-electron chi connectivity index (χ0n) is 12.5. The Morgan fingerprint density at radius 2 is 2.00 bits per heavy atom. The van der Waals surface area contributed by atoms with Gasteiger partial charge in [0, 0.05) is 24.2 Å². The third-order valence-electron chi connectivity index (χ3n) is 3.58. The lowest BCUT2D eigenvalue weighted by atomic mass is 10.1. The predicted molar refractivity (Wildman–Crippen MR) is 86.7 cm³/mol. The van der Waals surface area contributed by atoms with Gasteiger partial charge in [0.2, 0.25) is 0 Å². The molecule has 0 unspecified atom stereocenters. The molecule has 0 radical (unpaired) electrons. The maximum atomic E-state index is 13.0. The number of anilines is 1. The molecule has 0 amide bonds. The van der Waals surface area contributed by atoms with Gasteiger partial charge in [0.15, 0.2) is 0 Å². The largest absolute Gasteiger partial charge is 0.497 e. The number of nitrogens with zero attached hydrogens (tertiary/aromatic N) is 2. The van der Waals surface area contributed by atoms with Gasteiger partial charge < -0.3 is 10.1 Å². The minimum Gasteiger partial charge on any atom is -0.497 e. The molecule has 0 saturated heterocycles. The highest BCUT2D eigenvalue weighted by atomic mass is 19.1. The van der Waals surface area contributed by atoms with Gasteiger partial charge >= 0.3 is 0 Å². The molecular formula is C18H14FN3O. The highest BCUT2D eigenvalue weighted by Gasteiger charge is 2.09. The first-order valence-electron chi connectivity index (χ1n) is 7.06. The monoisotopic (exact) mass is 307 g/mol. The Morgan fingerprint density at radius 1 is 1.22 bits per heavy atom. The van der Waals surface area contributed by atoms with Crippen LogP contribution in [0.25, 0.3) is 10.9 Å². The van der Waals surface area contributed by atoms with Crippen molar-refractivity contribution in [2.24, 2.45) is 0 Å². The molecule has 0 spiro atoms. The van der Waals surface area contributed by atoms with E-state index in [1.54, 1.807) is 19.2 Å². The van der Waals surface area contributed by atoms with E-state index in [-0.39, 0.29) is 5.82 Å². The van der Waals surface area contributed by atoms with Gasteiger partial charge in [-0.2, -0.15) is 5.26 Å². The zero-order chi connectivity index (χ0) is 16.2. The topological polar surface area (TPSA) is 57.9 Å². The van der Waals surface area contributed by atoms with E-state index in [1.165, 1.54) is 18.3 Å². The van der Waals surface area contributed by atoms with Gasteiger partial charge in [-0.25, -0.2) is 4.39 Å². The third kappa shape index (κ3) is 3.06. The van der Waals surface area contributed by atoms with Crippen molar-refractivity contribution in [3.05, 3.63) is 65.6 Å². The zero-order valence-corrected chi connectivity index (χ0v) is 12.5. The molecule has 5 heteroatoms. The van der Waals surface area contributed by atoms with Crippen LogP contribution in [0, 0.1) is 17.1 Å². The van der Waals surface area contributed by atoms with Crippen molar-refractivity contribution in [2.45, 2.75) is 6.54 Å². The minimum absolute atomic E-state index is 0.270. The van der Waals surface area contributed by atoms with Crippen LogP contribution in [0.5, 0.6) is 5.75 Å². The molecule has 23 heavy (non-hydrogen) atoms. The first-order chi connectivity index (χ1) is 11.2. The van der Waals surface area contributed by atoms with Crippen molar-refractivity contribution in [1.82, 2.24) is 4.98 Å². The van der Waals surface area contributed by atoms with E-state index in [0.717, 1.165) is 16.5 Å². The summed E-state index contributed by atoms with van der Waals surface area (Å²) < 4.78 is 18.2. The fourth-order valence-electron chi connectivity index (χ4n) is 2.37. The molecule has 0 saturated carbocycles. The number of nitrogens with one attached hydrogen (secondary N) is 1. The molecule has 1 N–H and O–H groups in total. The van der Waals surface area contributed by atoms with Gasteiger partial charge in [0.25, 0.3) is 0 Å². The molecule has 0 aliphatic carbocycles. The molecule has 114 valence electrons. The van der Waals surface area contributed by atoms with Gasteiger partial charge in [0.05, 0.1) is 23.9 Å². The summed E-state index contributed by atoms with van der Waals surface area (Å²) in [4.78, 5) is 4.30. The lowest BCUT2D eigenvalue weighted by Crippen LogP contribution is -2.03. The summed E-state index contributed by atoms with van der Waals surface area (Å²) in [5.41, 5.74) is 2.84. The fraction of sp³-hybridized carbons (Fsp3) is 0.111. The predicted octanol–water partition coefficient (Wildman–Crippen LogP) is 3.87. The van der Waals surface area contributed by atoms with Crippen LogP contribution in [0.1, 0.15) is 11.1 Å². The van der Waals surface area contributed by atoms with Crippen molar-refractivity contribution >= 4 is 16.6 Å². The summed E-state index contributed by atoms with van der Waals surface area (Å²) in [6, 6.07) is 13.9. The van der Waals surface area contributed by atoms with Crippen LogP contribution in [0.2, 0.25) is 0 Å². The molecule has 1 aromatic heterocycles. The number of fused-ring (bicyclic) bond motifs is 1. The maximum absolute atomic E-state index is 13.0. The summed E-state index contributed by atoms with van der Waals surface area (Å²) >= 11 is 0. The van der Waals surface area contributed by atoms with E-state index in [0.29, 0.717) is 23.5 Å². The van der Waals surface area contributed by atoms with E-state index in [1.807, 2.05) is 18.2 Å². The SMILES string of the molecule is COc1ccc2c(NCc3ccc(F)cc3)c(C#N)cnc2c1. The Labute approximate surface area is 133 Å². The standard InChI is InChI=1S/C18H14FN3O/c1-23-15-6-7-16-17(8-15)21-11-13(9-20)18(16)22-10-12-2-4-14(19)5-3-12/h2-8,11H,10H2,1H3,(H,21,22). The second-order valence-electron chi connectivity index (χ2n) is 5.02. The summed E-state index contributed by atoms with van der Waals surface area (Å²) in [7, 11) is 1.60. The molecule has 0 aliphatic rings. The van der Waals surface area contributed by atoms with Gasteiger partial charge in [-0.15, -0.1) is 0 Å². The summed E-state index contributed by atoms with van der Waals surface area (Å²) in [6.45, 7) is 0.486. The van der Waals surface area contributed by atoms with E-state index >= 15 is 0 Å². The third-order valence-corrected chi connectivity index (χ3v) is 3.58. The van der Waals surface area contributed by atoms with Crippen LogP contribution in [-0.2, 0) is 6.54 Å². The number of halogens is 1. The van der Waals surface area contributed by atoms with Gasteiger partial charge in [0.1, 0.15) is 17.6 Å². The second-order valence-corrected chi connectivity index (χ2v) is 5.02. The highest BCUT2D eigenvalue weighted by Crippen LogP contribution is 2.28. The quantitative estimate of drug-likeness (QED) is 0.795. The van der Waals surface area contributed by atoms with Crippen molar-refractivity contribution < 1.29 is 9.13 Å². The second kappa shape index (κ2) is 6.32. The Balaban J connectivity index is 1.97. The molecule has 0 fully saturated rings. The van der Waals surface area contributed by atoms with Gasteiger partial charge in [-0.3, -0.25) is 4.98 Å². The number of aromatic nitrogens is 1. The number of hydrogen-bond acceptors (Lipinski definition) is 4. The van der Waals surface area contributed by atoms with Crippen LogP contribution in [0.4, 0.5) is 10.1 Å². The lowest BCUT2D eigenvalue weighted by molar-refractivity contribution is 0.415. The molecule has 0 aliphatic heterocycles. The number of benzene rings is 2. The first kappa shape index (κ1) is 14.8. The summed E-state index contributed by atoms with van der Waals surface area (Å²) in [6.07, 6.45) is 1.54. The fourth-order valence-corrected chi connectivity index (χ4v) is 2.37. The van der Waals surface area contributed by atoms with Crippen LogP contribution < -0.4 is 10.1 Å². The molecule has 1 heterocycles. The Bertz CT molecular complexity index is 885. The van der Waals surface area contributed by atoms with Crippen molar-refractivity contribution in [1.29, 1.82) is 5.26 Å². The molecule has 4 nitrogen and oxygen atoms in total. The first-order valence-corrected chi connectivity index (χ1v) is 7.06. The Morgan fingerprint density at radius 3 is 2.70 bits per heavy atom. The molecule has 2 aromatic carbocycles. The molecule has 0 atom stereocenters. The number of pyridine rings is 1. The van der Waals surface area contributed by atoms with E-state index in [2.05, 4.69) is 16.4 Å². The van der Waals surface area contributed by atoms with E-state index in [4.69, 9.17) is 4.74 Å². The minimum atomic E-state index is -0.270. The van der Waals surface area contributed by atoms with Gasteiger partial charge in [-0.05, 0) is 29.8 Å². The summed E-state index contributed by atoms with van der Waals surface area (Å²) in [5.74, 6) is 0.437. The molecule has 3 rings (SSSR count). The average molecular weight is 307 g/mol. The van der Waals surface area contributed by atoms with Crippen LogP contribution >= 0.6 is 0 Å². The Hall–Kier alpha value is -3.13. The van der Waals surface area contributed by atoms with Crippen molar-refractivity contribution in [2.75, 3.05) is 12.4 Å². The number of nitriles is 1. The van der Waals surface area contributed by atoms with Crippen molar-refractivity contribution in [3.8, 4) is 11.8 Å². The normalized spacial score (nSPS) is 10.3. The number of ether oxygens (including phenoxy) is 1. The lowest BCUT2D eigenvalue weighted by Gasteiger charge is -2.12. The molecule has 3 aromatic rings. The number of rotatable bonds is 4. The van der Waals surface area contributed by atoms with E-state index < -0.39 is 0 Å². The van der Waals surface area contributed by atoms with Crippen molar-refractivity contribution in [3.63, 3.8) is 0 Å². The average Bonchev–Trinajstić information content (AvgIpc) is 2.60. The van der Waals surface area contributed by atoms with Crippen LogP contribution in [-0.4, -0.2) is 12.1 Å². The smallest absolute Gasteiger partial charge is 0.123 e.